The van der Waals surface area contributed by atoms with E-state index in [1.54, 1.807) is 19.5 Å². The van der Waals surface area contributed by atoms with E-state index in [4.69, 9.17) is 4.74 Å². The number of nitrogens with zero attached hydrogens (tertiary/aromatic N) is 2. The third-order valence-electron chi connectivity index (χ3n) is 2.79. The second kappa shape index (κ2) is 5.71. The first-order chi connectivity index (χ1) is 9.43. The van der Waals surface area contributed by atoms with Gasteiger partial charge in [-0.25, -0.2) is 9.19 Å². The van der Waals surface area contributed by atoms with Gasteiger partial charge in [0.15, 0.2) is 0 Å². The van der Waals surface area contributed by atoms with Gasteiger partial charge in [0, 0.05) is 23.4 Å². The minimum absolute atomic E-state index is 0.369. The van der Waals surface area contributed by atoms with Gasteiger partial charge in [0.1, 0.15) is 11.0 Å². The fourth-order valence-corrected chi connectivity index (χ4v) is 2.24. The molecule has 0 aliphatic carbocycles. The summed E-state index contributed by atoms with van der Waals surface area (Å²) in [7, 11) is 0.317. The Balaban J connectivity index is 2.46. The van der Waals surface area contributed by atoms with Gasteiger partial charge < -0.3 is 4.74 Å². The first kappa shape index (κ1) is 14.7. The summed E-state index contributed by atoms with van der Waals surface area (Å²) in [5.74, 6) is 0.578. The molecule has 2 rings (SSSR count). The molecule has 0 spiro atoms. The molecule has 0 amide bonds. The lowest BCUT2D eigenvalue weighted by atomic mass is 10.1. The molecule has 1 aromatic carbocycles. The van der Waals surface area contributed by atoms with E-state index >= 15 is 0 Å². The van der Waals surface area contributed by atoms with Crippen molar-refractivity contribution in [2.45, 2.75) is 25.5 Å². The predicted molar refractivity (Wildman–Crippen MR) is 83.8 cm³/mol. The summed E-state index contributed by atoms with van der Waals surface area (Å²) in [5, 5.41) is 1.90. The Morgan fingerprint density at radius 3 is 2.50 bits per heavy atom. The molecule has 0 aliphatic rings. The van der Waals surface area contributed by atoms with Crippen LogP contribution >= 0.6 is 0 Å². The molecule has 1 unspecified atom stereocenters. The molecular formula is C15H18N2O2S. The van der Waals surface area contributed by atoms with E-state index in [2.05, 4.69) is 9.38 Å². The van der Waals surface area contributed by atoms with Crippen LogP contribution in [0.4, 0.5) is 0 Å². The van der Waals surface area contributed by atoms with Crippen LogP contribution < -0.4 is 4.74 Å². The zero-order valence-electron chi connectivity index (χ0n) is 12.1. The number of benzene rings is 1. The first-order valence-electron chi connectivity index (χ1n) is 6.31. The molecule has 1 aromatic heterocycles. The molecule has 1 atom stereocenters. The number of pyridine rings is 1. The van der Waals surface area contributed by atoms with Crippen LogP contribution in [-0.2, 0) is 11.0 Å². The van der Waals surface area contributed by atoms with Gasteiger partial charge in [-0.2, -0.15) is 4.40 Å². The van der Waals surface area contributed by atoms with Gasteiger partial charge in [-0.15, -0.1) is 0 Å². The fourth-order valence-electron chi connectivity index (χ4n) is 1.72. The van der Waals surface area contributed by atoms with Crippen LogP contribution in [0.25, 0.3) is 10.8 Å². The van der Waals surface area contributed by atoms with Crippen molar-refractivity contribution in [2.24, 2.45) is 4.40 Å². The second-order valence-electron chi connectivity index (χ2n) is 5.36. The standard InChI is InChI=1S/C15H18N2O2S/c1-15(2,3)20(18)17-10-11-9-16-14(19-4)13-8-6-5-7-12(11)13/h5-10H,1-4H3. The molecule has 0 saturated carbocycles. The smallest absolute Gasteiger partial charge is 0.221 e. The number of hydrogen-bond donors (Lipinski definition) is 0. The molecule has 1 heterocycles. The van der Waals surface area contributed by atoms with Crippen molar-refractivity contribution in [1.82, 2.24) is 4.98 Å². The molecule has 0 bridgehead atoms. The monoisotopic (exact) mass is 290 g/mol. The van der Waals surface area contributed by atoms with E-state index < -0.39 is 11.0 Å². The summed E-state index contributed by atoms with van der Waals surface area (Å²) in [5.41, 5.74) is 0.832. The minimum Gasteiger partial charge on any atom is -0.481 e. The molecule has 4 nitrogen and oxygen atoms in total. The number of methoxy groups -OCH3 is 1. The largest absolute Gasteiger partial charge is 0.481 e. The lowest BCUT2D eigenvalue weighted by molar-refractivity contribution is 0.403. The maximum Gasteiger partial charge on any atom is 0.221 e. The minimum atomic E-state index is -1.28. The lowest BCUT2D eigenvalue weighted by Gasteiger charge is -2.13. The zero-order valence-corrected chi connectivity index (χ0v) is 12.9. The maximum atomic E-state index is 12.0. The summed E-state index contributed by atoms with van der Waals surface area (Å²) in [4.78, 5) is 4.25. The van der Waals surface area contributed by atoms with E-state index in [1.165, 1.54) is 0 Å². The molecule has 5 heteroatoms. The highest BCUT2D eigenvalue weighted by Crippen LogP contribution is 2.25. The van der Waals surface area contributed by atoms with Crippen molar-refractivity contribution < 1.29 is 8.95 Å². The lowest BCUT2D eigenvalue weighted by Crippen LogP contribution is -2.19. The topological polar surface area (TPSA) is 51.6 Å². The first-order valence-corrected chi connectivity index (χ1v) is 7.42. The van der Waals surface area contributed by atoms with Crippen LogP contribution in [0.5, 0.6) is 5.88 Å². The van der Waals surface area contributed by atoms with E-state index in [9.17, 15) is 4.21 Å². The Bertz CT molecular complexity index is 675. The molecule has 0 N–H and O–H groups in total. The van der Waals surface area contributed by atoms with Crippen LogP contribution in [0, 0.1) is 0 Å². The summed E-state index contributed by atoms with van der Waals surface area (Å²) < 4.78 is 21.0. The maximum absolute atomic E-state index is 12.0. The van der Waals surface area contributed by atoms with Crippen molar-refractivity contribution >= 4 is 28.0 Å². The summed E-state index contributed by atoms with van der Waals surface area (Å²) >= 11 is 0. The quantitative estimate of drug-likeness (QED) is 0.816. The van der Waals surface area contributed by atoms with E-state index in [0.29, 0.717) is 5.88 Å². The number of rotatable bonds is 3. The van der Waals surface area contributed by atoms with Crippen LogP contribution in [0.1, 0.15) is 26.3 Å². The second-order valence-corrected chi connectivity index (χ2v) is 7.30. The van der Waals surface area contributed by atoms with Crippen LogP contribution in [0.3, 0.4) is 0 Å². The highest BCUT2D eigenvalue weighted by Gasteiger charge is 2.18. The molecule has 106 valence electrons. The van der Waals surface area contributed by atoms with Gasteiger partial charge in [-0.05, 0) is 32.2 Å². The fraction of sp³-hybridized carbons (Fsp3) is 0.333. The highest BCUT2D eigenvalue weighted by atomic mass is 32.2. The summed E-state index contributed by atoms with van der Waals surface area (Å²) in [6, 6.07) is 7.79. The molecule has 0 fully saturated rings. The van der Waals surface area contributed by atoms with Crippen molar-refractivity contribution in [3.8, 4) is 5.88 Å². The van der Waals surface area contributed by atoms with Gasteiger partial charge in [0.25, 0.3) is 0 Å². The SMILES string of the molecule is COc1ncc(C=NS(=O)C(C)(C)C)c2ccccc12. The Morgan fingerprint density at radius 2 is 1.90 bits per heavy atom. The van der Waals surface area contributed by atoms with Gasteiger partial charge >= 0.3 is 0 Å². The average Bonchev–Trinajstić information content (AvgIpc) is 2.43. The molecular weight excluding hydrogens is 272 g/mol. The van der Waals surface area contributed by atoms with E-state index in [-0.39, 0.29) is 4.75 Å². The van der Waals surface area contributed by atoms with Crippen molar-refractivity contribution in [3.63, 3.8) is 0 Å². The van der Waals surface area contributed by atoms with Gasteiger partial charge in [-0.3, -0.25) is 0 Å². The van der Waals surface area contributed by atoms with Crippen LogP contribution in [0.2, 0.25) is 0 Å². The van der Waals surface area contributed by atoms with Crippen LogP contribution in [0.15, 0.2) is 34.9 Å². The van der Waals surface area contributed by atoms with Crippen molar-refractivity contribution in [1.29, 1.82) is 0 Å². The molecule has 2 aromatic rings. The molecule has 20 heavy (non-hydrogen) atoms. The van der Waals surface area contributed by atoms with Gasteiger partial charge in [-0.1, -0.05) is 18.2 Å². The Morgan fingerprint density at radius 1 is 1.25 bits per heavy atom. The van der Waals surface area contributed by atoms with E-state index in [1.807, 2.05) is 45.0 Å². The van der Waals surface area contributed by atoms with Gasteiger partial charge in [0.05, 0.1) is 11.9 Å². The number of fused-ring (bicyclic) bond motifs is 1. The van der Waals surface area contributed by atoms with Gasteiger partial charge in [0.2, 0.25) is 5.88 Å². The molecule has 0 aliphatic heterocycles. The number of ether oxygens (including phenoxy) is 1. The van der Waals surface area contributed by atoms with E-state index in [0.717, 1.165) is 16.3 Å². The van der Waals surface area contributed by atoms with Crippen molar-refractivity contribution in [3.05, 3.63) is 36.0 Å². The number of aromatic nitrogens is 1. The Labute approximate surface area is 121 Å². The zero-order chi connectivity index (χ0) is 14.8. The Hall–Kier alpha value is -1.75. The van der Waals surface area contributed by atoms with Crippen LogP contribution in [-0.4, -0.2) is 27.3 Å². The predicted octanol–water partition coefficient (Wildman–Crippen LogP) is 3.12. The van der Waals surface area contributed by atoms with Crippen molar-refractivity contribution in [2.75, 3.05) is 7.11 Å². The molecule has 0 radical (unpaired) electrons. The Kier molecular flexibility index (Phi) is 4.18. The summed E-state index contributed by atoms with van der Waals surface area (Å²) in [6.07, 6.45) is 3.31. The molecule has 0 saturated heterocycles. The highest BCUT2D eigenvalue weighted by molar-refractivity contribution is 7.85. The third-order valence-corrected chi connectivity index (χ3v) is 4.14. The number of hydrogen-bond acceptors (Lipinski definition) is 3. The normalized spacial score (nSPS) is 13.8. The average molecular weight is 290 g/mol. The summed E-state index contributed by atoms with van der Waals surface area (Å²) in [6.45, 7) is 5.68. The third kappa shape index (κ3) is 3.04.